The Hall–Kier alpha value is -3.13. The van der Waals surface area contributed by atoms with E-state index in [-0.39, 0.29) is 5.69 Å². The van der Waals surface area contributed by atoms with Gasteiger partial charge in [-0.15, -0.1) is 0 Å². The summed E-state index contributed by atoms with van der Waals surface area (Å²) in [5.74, 6) is -1.98. The highest BCUT2D eigenvalue weighted by molar-refractivity contribution is 9.10. The van der Waals surface area contributed by atoms with E-state index in [1.807, 2.05) is 45.0 Å². The largest absolute Gasteiger partial charge is 0.348 e. The second-order valence-electron chi connectivity index (χ2n) is 7.39. The van der Waals surface area contributed by atoms with E-state index in [0.29, 0.717) is 17.7 Å². The number of carbonyl (C=O) groups is 3. The molecule has 3 rings (SSSR count). The fraction of sp³-hybridized carbons (Fsp3) is 0.261. The summed E-state index contributed by atoms with van der Waals surface area (Å²) >= 11 is 3.42. The van der Waals surface area contributed by atoms with Crippen molar-refractivity contribution in [3.05, 3.63) is 63.8 Å². The van der Waals surface area contributed by atoms with Crippen molar-refractivity contribution >= 4 is 50.2 Å². The Morgan fingerprint density at radius 3 is 2.48 bits per heavy atom. The molecule has 31 heavy (non-hydrogen) atoms. The maximum absolute atomic E-state index is 13.1. The van der Waals surface area contributed by atoms with Gasteiger partial charge in [-0.1, -0.05) is 47.0 Å². The van der Waals surface area contributed by atoms with Gasteiger partial charge in [0, 0.05) is 22.1 Å². The Bertz CT molecular complexity index is 1150. The normalized spacial score (nSPS) is 10.7. The van der Waals surface area contributed by atoms with Gasteiger partial charge in [0.15, 0.2) is 0 Å². The predicted molar refractivity (Wildman–Crippen MR) is 126 cm³/mol. The van der Waals surface area contributed by atoms with E-state index in [0.717, 1.165) is 33.8 Å². The quantitative estimate of drug-likeness (QED) is 0.360. The number of aryl methyl sites for hydroxylation is 2. The van der Waals surface area contributed by atoms with E-state index in [4.69, 9.17) is 0 Å². The minimum atomic E-state index is -0.836. The first kappa shape index (κ1) is 22.6. The van der Waals surface area contributed by atoms with Crippen LogP contribution in [0.1, 0.15) is 41.4 Å². The van der Waals surface area contributed by atoms with Gasteiger partial charge in [-0.05, 0) is 56.2 Å². The number of nitrogens with zero attached hydrogens (tertiary/aromatic N) is 1. The van der Waals surface area contributed by atoms with E-state index in [1.54, 1.807) is 18.2 Å². The molecule has 1 aromatic heterocycles. The van der Waals surface area contributed by atoms with E-state index >= 15 is 0 Å². The molecule has 0 saturated carbocycles. The lowest BCUT2D eigenvalue weighted by molar-refractivity contribution is -0.136. The standard InChI is InChI=1S/C23H25BrN4O3/c1-4-5-10-25-22(30)23(31)27-28-19-9-7-17(24)12-16(19)13-20(28)21(29)26-18-8-6-14(2)11-15(18)3/h6-9,11-13H,4-5,10H2,1-3H3,(H,25,30)(H,26,29)(H,27,31). The monoisotopic (exact) mass is 484 g/mol. The molecule has 0 spiro atoms. The van der Waals surface area contributed by atoms with Crippen LogP contribution < -0.4 is 16.1 Å². The van der Waals surface area contributed by atoms with Crippen LogP contribution in [0.25, 0.3) is 10.9 Å². The lowest BCUT2D eigenvalue weighted by atomic mass is 10.1. The van der Waals surface area contributed by atoms with Crippen molar-refractivity contribution in [2.75, 3.05) is 17.3 Å². The maximum atomic E-state index is 13.1. The van der Waals surface area contributed by atoms with Crippen LogP contribution in [0.3, 0.4) is 0 Å². The van der Waals surface area contributed by atoms with Crippen LogP contribution in [0, 0.1) is 13.8 Å². The van der Waals surface area contributed by atoms with Crippen LogP contribution in [-0.2, 0) is 9.59 Å². The summed E-state index contributed by atoms with van der Waals surface area (Å²) in [6, 6.07) is 12.8. The number of unbranched alkanes of at least 4 members (excludes halogenated alkanes) is 1. The third kappa shape index (κ3) is 5.32. The molecule has 0 atom stereocenters. The molecule has 0 fully saturated rings. The van der Waals surface area contributed by atoms with Crippen LogP contribution in [0.5, 0.6) is 0 Å². The zero-order chi connectivity index (χ0) is 22.5. The lowest BCUT2D eigenvalue weighted by Gasteiger charge is -2.13. The molecule has 3 aromatic rings. The van der Waals surface area contributed by atoms with Gasteiger partial charge in [-0.2, -0.15) is 0 Å². The number of nitrogens with one attached hydrogen (secondary N) is 3. The van der Waals surface area contributed by atoms with E-state index < -0.39 is 17.7 Å². The highest BCUT2D eigenvalue weighted by Crippen LogP contribution is 2.24. The number of benzene rings is 2. The highest BCUT2D eigenvalue weighted by Gasteiger charge is 2.21. The Labute approximate surface area is 189 Å². The van der Waals surface area contributed by atoms with Gasteiger partial charge >= 0.3 is 11.8 Å². The molecule has 0 aliphatic rings. The summed E-state index contributed by atoms with van der Waals surface area (Å²) in [5, 5.41) is 6.22. The minimum Gasteiger partial charge on any atom is -0.348 e. The van der Waals surface area contributed by atoms with Crippen molar-refractivity contribution in [2.45, 2.75) is 33.6 Å². The van der Waals surface area contributed by atoms with Gasteiger partial charge in [0.05, 0.1) is 5.52 Å². The average Bonchev–Trinajstić information content (AvgIpc) is 3.07. The number of amides is 3. The SMILES string of the molecule is CCCCNC(=O)C(=O)Nn1c(C(=O)Nc2ccc(C)cc2C)cc2cc(Br)ccc21. The first-order valence-electron chi connectivity index (χ1n) is 10.1. The van der Waals surface area contributed by atoms with Gasteiger partial charge in [0.1, 0.15) is 5.69 Å². The van der Waals surface area contributed by atoms with Crippen molar-refractivity contribution in [1.82, 2.24) is 9.99 Å². The number of carbonyl (C=O) groups excluding carboxylic acids is 3. The molecule has 0 aliphatic carbocycles. The summed E-state index contributed by atoms with van der Waals surface area (Å²) in [4.78, 5) is 37.7. The first-order chi connectivity index (χ1) is 14.8. The Kier molecular flexibility index (Phi) is 7.12. The second-order valence-corrected chi connectivity index (χ2v) is 8.31. The van der Waals surface area contributed by atoms with Crippen molar-refractivity contribution in [1.29, 1.82) is 0 Å². The number of halogens is 1. The number of hydrogen-bond donors (Lipinski definition) is 3. The fourth-order valence-electron chi connectivity index (χ4n) is 3.23. The fourth-order valence-corrected chi connectivity index (χ4v) is 3.60. The molecular formula is C23H25BrN4O3. The van der Waals surface area contributed by atoms with Gasteiger partial charge in [-0.25, -0.2) is 4.68 Å². The molecule has 3 amide bonds. The topological polar surface area (TPSA) is 92.2 Å². The van der Waals surface area contributed by atoms with Crippen LogP contribution in [-0.4, -0.2) is 28.9 Å². The van der Waals surface area contributed by atoms with Crippen molar-refractivity contribution in [3.63, 3.8) is 0 Å². The molecule has 7 nitrogen and oxygen atoms in total. The number of rotatable bonds is 6. The molecular weight excluding hydrogens is 460 g/mol. The van der Waals surface area contributed by atoms with Crippen LogP contribution in [0.15, 0.2) is 46.9 Å². The predicted octanol–water partition coefficient (Wildman–Crippen LogP) is 4.26. The van der Waals surface area contributed by atoms with E-state index in [9.17, 15) is 14.4 Å². The van der Waals surface area contributed by atoms with E-state index in [2.05, 4.69) is 32.0 Å². The smallest absolute Gasteiger partial charge is 0.328 e. The zero-order valence-corrected chi connectivity index (χ0v) is 19.3. The number of hydrogen-bond acceptors (Lipinski definition) is 3. The number of aromatic nitrogens is 1. The van der Waals surface area contributed by atoms with Crippen molar-refractivity contribution < 1.29 is 14.4 Å². The number of fused-ring (bicyclic) bond motifs is 1. The second kappa shape index (κ2) is 9.78. The highest BCUT2D eigenvalue weighted by atomic mass is 79.9. The molecule has 0 bridgehead atoms. The maximum Gasteiger partial charge on any atom is 0.328 e. The minimum absolute atomic E-state index is 0.211. The molecule has 0 radical (unpaired) electrons. The van der Waals surface area contributed by atoms with Crippen LogP contribution in [0.4, 0.5) is 5.69 Å². The van der Waals surface area contributed by atoms with E-state index in [1.165, 1.54) is 4.68 Å². The van der Waals surface area contributed by atoms with Gasteiger partial charge in [0.2, 0.25) is 0 Å². The third-order valence-electron chi connectivity index (χ3n) is 4.86. The van der Waals surface area contributed by atoms with Gasteiger partial charge in [0.25, 0.3) is 5.91 Å². The molecule has 0 unspecified atom stereocenters. The summed E-state index contributed by atoms with van der Waals surface area (Å²) < 4.78 is 2.18. The summed E-state index contributed by atoms with van der Waals surface area (Å²) in [6.45, 7) is 6.31. The summed E-state index contributed by atoms with van der Waals surface area (Å²) in [6.07, 6.45) is 1.69. The molecule has 0 saturated heterocycles. The third-order valence-corrected chi connectivity index (χ3v) is 5.36. The molecule has 1 heterocycles. The summed E-state index contributed by atoms with van der Waals surface area (Å²) in [7, 11) is 0. The van der Waals surface area contributed by atoms with Crippen LogP contribution in [0.2, 0.25) is 0 Å². The van der Waals surface area contributed by atoms with Gasteiger partial charge < -0.3 is 10.6 Å². The molecule has 0 aliphatic heterocycles. The molecule has 3 N–H and O–H groups in total. The Balaban J connectivity index is 1.92. The van der Waals surface area contributed by atoms with Crippen LogP contribution >= 0.6 is 15.9 Å². The Morgan fingerprint density at radius 2 is 1.77 bits per heavy atom. The zero-order valence-electron chi connectivity index (χ0n) is 17.7. The average molecular weight is 485 g/mol. The van der Waals surface area contributed by atoms with Crippen molar-refractivity contribution in [3.8, 4) is 0 Å². The van der Waals surface area contributed by atoms with Gasteiger partial charge in [-0.3, -0.25) is 19.8 Å². The lowest BCUT2D eigenvalue weighted by Crippen LogP contribution is -2.40. The molecule has 2 aromatic carbocycles. The van der Waals surface area contributed by atoms with Crippen molar-refractivity contribution in [2.24, 2.45) is 0 Å². The summed E-state index contributed by atoms with van der Waals surface area (Å²) in [5.41, 5.74) is 6.07. The molecule has 8 heteroatoms. The number of anilines is 1. The first-order valence-corrected chi connectivity index (χ1v) is 10.9. The Morgan fingerprint density at radius 1 is 1.00 bits per heavy atom. The molecule has 162 valence electrons.